The van der Waals surface area contributed by atoms with Crippen LogP contribution < -0.4 is 4.90 Å². The van der Waals surface area contributed by atoms with Crippen LogP contribution in [0.25, 0.3) is 0 Å². The summed E-state index contributed by atoms with van der Waals surface area (Å²) in [6, 6.07) is 6.57. The van der Waals surface area contributed by atoms with Gasteiger partial charge < -0.3 is 14.4 Å². The maximum absolute atomic E-state index is 5.50. The summed E-state index contributed by atoms with van der Waals surface area (Å²) in [7, 11) is 1.73. The highest BCUT2D eigenvalue weighted by molar-refractivity contribution is 9.11. The summed E-state index contributed by atoms with van der Waals surface area (Å²) < 4.78 is 12.9. The van der Waals surface area contributed by atoms with Crippen molar-refractivity contribution < 1.29 is 9.47 Å². The quantitative estimate of drug-likeness (QED) is 0.822. The van der Waals surface area contributed by atoms with E-state index in [1.165, 1.54) is 5.69 Å². The second-order valence-corrected chi connectivity index (χ2v) is 5.84. The molecule has 5 heteroatoms. The fourth-order valence-corrected chi connectivity index (χ4v) is 3.30. The highest BCUT2D eigenvalue weighted by Crippen LogP contribution is 2.28. The van der Waals surface area contributed by atoms with Crippen molar-refractivity contribution in [2.75, 3.05) is 38.4 Å². The first-order valence-corrected chi connectivity index (χ1v) is 7.08. The van der Waals surface area contributed by atoms with Crippen molar-refractivity contribution in [1.82, 2.24) is 0 Å². The minimum absolute atomic E-state index is 0.287. The minimum atomic E-state index is 0.287. The Morgan fingerprint density at radius 2 is 2.06 bits per heavy atom. The lowest BCUT2D eigenvalue weighted by atomic mass is 10.2. The average molecular weight is 365 g/mol. The number of anilines is 1. The molecule has 3 nitrogen and oxygen atoms in total. The van der Waals surface area contributed by atoms with Gasteiger partial charge in [0.1, 0.15) is 0 Å². The summed E-state index contributed by atoms with van der Waals surface area (Å²) in [4.78, 5) is 2.34. The van der Waals surface area contributed by atoms with Crippen LogP contribution in [0.4, 0.5) is 5.69 Å². The van der Waals surface area contributed by atoms with Crippen LogP contribution in [0.2, 0.25) is 0 Å². The van der Waals surface area contributed by atoms with E-state index in [0.29, 0.717) is 6.61 Å². The van der Waals surface area contributed by atoms with Crippen LogP contribution in [-0.2, 0) is 9.47 Å². The van der Waals surface area contributed by atoms with Gasteiger partial charge in [0.05, 0.1) is 25.9 Å². The Balaban J connectivity index is 2.22. The van der Waals surface area contributed by atoms with Gasteiger partial charge in [0, 0.05) is 28.3 Å². The number of methoxy groups -OCH3 is 1. The second kappa shape index (κ2) is 6.18. The maximum atomic E-state index is 5.50. The zero-order valence-corrected chi connectivity index (χ0v) is 12.8. The zero-order chi connectivity index (χ0) is 12.3. The van der Waals surface area contributed by atoms with Gasteiger partial charge in [0.2, 0.25) is 0 Å². The first-order valence-electron chi connectivity index (χ1n) is 5.50. The number of morpholine rings is 1. The maximum Gasteiger partial charge on any atom is 0.0758 e. The van der Waals surface area contributed by atoms with E-state index in [2.05, 4.69) is 48.9 Å². The zero-order valence-electron chi connectivity index (χ0n) is 9.66. The van der Waals surface area contributed by atoms with Crippen molar-refractivity contribution >= 4 is 37.5 Å². The van der Waals surface area contributed by atoms with E-state index in [4.69, 9.17) is 9.47 Å². The molecule has 17 heavy (non-hydrogen) atoms. The van der Waals surface area contributed by atoms with E-state index < -0.39 is 0 Å². The summed E-state index contributed by atoms with van der Waals surface area (Å²) >= 11 is 7.04. The molecule has 1 aromatic carbocycles. The molecule has 1 atom stereocenters. The van der Waals surface area contributed by atoms with Crippen molar-refractivity contribution in [2.24, 2.45) is 0 Å². The molecule has 0 aromatic heterocycles. The van der Waals surface area contributed by atoms with Crippen LogP contribution in [0.15, 0.2) is 27.1 Å². The molecule has 0 bridgehead atoms. The molecule has 2 rings (SSSR count). The fourth-order valence-electron chi connectivity index (χ4n) is 2.03. The molecule has 1 fully saturated rings. The smallest absolute Gasteiger partial charge is 0.0758 e. The number of hydrogen-bond donors (Lipinski definition) is 0. The van der Waals surface area contributed by atoms with Gasteiger partial charge in [-0.15, -0.1) is 0 Å². The van der Waals surface area contributed by atoms with Crippen molar-refractivity contribution in [3.05, 3.63) is 27.1 Å². The highest BCUT2D eigenvalue weighted by Gasteiger charge is 2.23. The molecule has 0 N–H and O–H groups in total. The van der Waals surface area contributed by atoms with Crippen LogP contribution in [0.1, 0.15) is 0 Å². The molecule has 1 unspecified atom stereocenters. The van der Waals surface area contributed by atoms with Crippen LogP contribution in [0.5, 0.6) is 0 Å². The van der Waals surface area contributed by atoms with Gasteiger partial charge in [-0.05, 0) is 18.2 Å². The van der Waals surface area contributed by atoms with E-state index >= 15 is 0 Å². The van der Waals surface area contributed by atoms with E-state index in [9.17, 15) is 0 Å². The van der Waals surface area contributed by atoms with Crippen molar-refractivity contribution in [2.45, 2.75) is 6.04 Å². The minimum Gasteiger partial charge on any atom is -0.382 e. The lowest BCUT2D eigenvalue weighted by Crippen LogP contribution is -2.48. The molecular weight excluding hydrogens is 350 g/mol. The first kappa shape index (κ1) is 13.3. The number of benzene rings is 1. The van der Waals surface area contributed by atoms with Crippen molar-refractivity contribution in [1.29, 1.82) is 0 Å². The molecule has 0 radical (unpaired) electrons. The molecule has 1 aromatic rings. The molecule has 0 spiro atoms. The summed E-state index contributed by atoms with van der Waals surface area (Å²) in [6.45, 7) is 3.07. The Hall–Kier alpha value is -0.100. The summed E-state index contributed by atoms with van der Waals surface area (Å²) in [5.41, 5.74) is 1.19. The van der Waals surface area contributed by atoms with Gasteiger partial charge in [-0.3, -0.25) is 0 Å². The molecule has 0 amide bonds. The van der Waals surface area contributed by atoms with Crippen molar-refractivity contribution in [3.8, 4) is 0 Å². The van der Waals surface area contributed by atoms with Gasteiger partial charge in [0.15, 0.2) is 0 Å². The van der Waals surface area contributed by atoms with E-state index in [0.717, 1.165) is 28.7 Å². The predicted molar refractivity (Wildman–Crippen MR) is 75.7 cm³/mol. The van der Waals surface area contributed by atoms with E-state index in [1.54, 1.807) is 7.11 Å². The Labute approximate surface area is 118 Å². The topological polar surface area (TPSA) is 21.7 Å². The number of rotatable bonds is 3. The molecule has 1 saturated heterocycles. The Morgan fingerprint density at radius 1 is 1.35 bits per heavy atom. The monoisotopic (exact) mass is 363 g/mol. The third-order valence-corrected chi connectivity index (χ3v) is 3.68. The van der Waals surface area contributed by atoms with Gasteiger partial charge in [0.25, 0.3) is 0 Å². The Bertz CT molecular complexity index is 365. The molecular formula is C12H15Br2NO2. The standard InChI is InChI=1S/C12H15Br2NO2/c1-16-7-12-8-17-3-2-15(12)11-5-9(13)4-10(14)6-11/h4-6,12H,2-3,7-8H2,1H3. The van der Waals surface area contributed by atoms with Crippen molar-refractivity contribution in [3.63, 3.8) is 0 Å². The average Bonchev–Trinajstić information content (AvgIpc) is 2.29. The van der Waals surface area contributed by atoms with Gasteiger partial charge >= 0.3 is 0 Å². The Morgan fingerprint density at radius 3 is 2.71 bits per heavy atom. The molecule has 1 aliphatic rings. The largest absolute Gasteiger partial charge is 0.382 e. The highest BCUT2D eigenvalue weighted by atomic mass is 79.9. The first-order chi connectivity index (χ1) is 8.20. The van der Waals surface area contributed by atoms with E-state index in [1.807, 2.05) is 6.07 Å². The van der Waals surface area contributed by atoms with Crippen LogP contribution >= 0.6 is 31.9 Å². The molecule has 0 saturated carbocycles. The lowest BCUT2D eigenvalue weighted by molar-refractivity contribution is 0.0602. The number of nitrogens with zero attached hydrogens (tertiary/aromatic N) is 1. The van der Waals surface area contributed by atoms with Gasteiger partial charge in [-0.2, -0.15) is 0 Å². The summed E-state index contributed by atoms with van der Waals surface area (Å²) in [5, 5.41) is 0. The molecule has 1 aliphatic heterocycles. The summed E-state index contributed by atoms with van der Waals surface area (Å²) in [5.74, 6) is 0. The Kier molecular flexibility index (Phi) is 4.85. The van der Waals surface area contributed by atoms with E-state index in [-0.39, 0.29) is 6.04 Å². The normalized spacial score (nSPS) is 20.6. The second-order valence-electron chi connectivity index (χ2n) is 4.01. The third kappa shape index (κ3) is 3.44. The van der Waals surface area contributed by atoms with Crippen LogP contribution in [-0.4, -0.2) is 39.5 Å². The molecule has 0 aliphatic carbocycles. The molecule has 1 heterocycles. The fraction of sp³-hybridized carbons (Fsp3) is 0.500. The predicted octanol–water partition coefficient (Wildman–Crippen LogP) is 3.06. The van der Waals surface area contributed by atoms with Crippen LogP contribution in [0.3, 0.4) is 0 Å². The third-order valence-electron chi connectivity index (χ3n) is 2.77. The molecule has 94 valence electrons. The number of ether oxygens (including phenoxy) is 2. The summed E-state index contributed by atoms with van der Waals surface area (Å²) in [6.07, 6.45) is 0. The van der Waals surface area contributed by atoms with Crippen LogP contribution in [0, 0.1) is 0 Å². The van der Waals surface area contributed by atoms with Gasteiger partial charge in [-0.1, -0.05) is 31.9 Å². The lowest BCUT2D eigenvalue weighted by Gasteiger charge is -2.37. The SMILES string of the molecule is COCC1COCCN1c1cc(Br)cc(Br)c1. The van der Waals surface area contributed by atoms with Gasteiger partial charge in [-0.25, -0.2) is 0 Å². The number of halogens is 2. The number of hydrogen-bond acceptors (Lipinski definition) is 3.